The highest BCUT2D eigenvalue weighted by Crippen LogP contribution is 2.27. The van der Waals surface area contributed by atoms with Crippen molar-refractivity contribution in [2.24, 2.45) is 0 Å². The fourth-order valence-corrected chi connectivity index (χ4v) is 4.80. The predicted octanol–water partition coefficient (Wildman–Crippen LogP) is 4.19. The summed E-state index contributed by atoms with van der Waals surface area (Å²) in [4.78, 5) is 6.47. The smallest absolute Gasteiger partial charge is 0.148 e. The number of hydrogen-bond donors (Lipinski definition) is 0. The van der Waals surface area contributed by atoms with Crippen molar-refractivity contribution in [1.82, 2.24) is 9.88 Å². The second-order valence-electron chi connectivity index (χ2n) is 8.40. The molecule has 0 N–H and O–H groups in total. The van der Waals surface area contributed by atoms with Crippen molar-refractivity contribution in [3.63, 3.8) is 0 Å². The number of nitrogens with zero attached hydrogens (tertiary/aromatic N) is 2. The molecule has 3 aromatic rings. The molecule has 1 aliphatic heterocycles. The first-order valence-corrected chi connectivity index (χ1v) is 12.6. The lowest BCUT2D eigenvalue weighted by Crippen LogP contribution is -2.34. The summed E-state index contributed by atoms with van der Waals surface area (Å²) in [5.41, 5.74) is 8.07. The van der Waals surface area contributed by atoms with E-state index < -0.39 is 9.84 Å². The van der Waals surface area contributed by atoms with Gasteiger partial charge in [-0.2, -0.15) is 0 Å². The van der Waals surface area contributed by atoms with Crippen LogP contribution in [0.3, 0.4) is 0 Å². The lowest BCUT2D eigenvalue weighted by Gasteiger charge is -2.30. The van der Waals surface area contributed by atoms with E-state index >= 15 is 0 Å². The molecule has 0 amide bonds. The van der Waals surface area contributed by atoms with Crippen LogP contribution in [0.4, 0.5) is 4.39 Å². The summed E-state index contributed by atoms with van der Waals surface area (Å²) in [5.74, 6) is -0.134. The van der Waals surface area contributed by atoms with Crippen LogP contribution in [0.25, 0.3) is 11.3 Å². The Balaban J connectivity index is 1.55. The number of hydrogen-bond acceptors (Lipinski definition) is 4. The van der Waals surface area contributed by atoms with Gasteiger partial charge in [-0.3, -0.25) is 9.88 Å². The molecule has 0 fully saturated rings. The predicted molar refractivity (Wildman–Crippen MR) is 122 cm³/mol. The van der Waals surface area contributed by atoms with Crippen molar-refractivity contribution in [2.75, 3.05) is 25.1 Å². The number of pyridine rings is 1. The van der Waals surface area contributed by atoms with Crippen LogP contribution in [0.2, 0.25) is 0 Å². The van der Waals surface area contributed by atoms with E-state index in [1.165, 1.54) is 40.8 Å². The Labute approximate surface area is 183 Å². The molecule has 31 heavy (non-hydrogen) atoms. The van der Waals surface area contributed by atoms with Gasteiger partial charge in [0.15, 0.2) is 0 Å². The normalized spacial score (nSPS) is 14.4. The van der Waals surface area contributed by atoms with Gasteiger partial charge >= 0.3 is 0 Å². The maximum atomic E-state index is 13.3. The molecule has 0 bridgehead atoms. The number of rotatable bonds is 6. The van der Waals surface area contributed by atoms with Gasteiger partial charge in [0, 0.05) is 31.5 Å². The molecular weight excluding hydrogens is 411 g/mol. The lowest BCUT2D eigenvalue weighted by molar-refractivity contribution is 0.268. The Bertz CT molecular complexity index is 1190. The number of aromatic nitrogens is 1. The van der Waals surface area contributed by atoms with Crippen molar-refractivity contribution in [2.45, 2.75) is 26.3 Å². The molecule has 1 aromatic heterocycles. The number of halogens is 1. The summed E-state index contributed by atoms with van der Waals surface area (Å²) in [6.07, 6.45) is 4.29. The second-order valence-corrected chi connectivity index (χ2v) is 10.7. The molecule has 0 saturated carbocycles. The molecule has 2 heterocycles. The van der Waals surface area contributed by atoms with E-state index in [0.717, 1.165) is 42.8 Å². The van der Waals surface area contributed by atoms with Gasteiger partial charge in [-0.25, -0.2) is 12.8 Å². The Kier molecular flexibility index (Phi) is 6.21. The van der Waals surface area contributed by atoms with Gasteiger partial charge in [-0.1, -0.05) is 30.3 Å². The number of aryl methyl sites for hydroxylation is 1. The zero-order valence-electron chi connectivity index (χ0n) is 17.9. The van der Waals surface area contributed by atoms with Crippen LogP contribution in [0.5, 0.6) is 0 Å². The molecule has 1 aliphatic rings. The lowest BCUT2D eigenvalue weighted by atomic mass is 9.90. The Morgan fingerprint density at radius 1 is 1.13 bits per heavy atom. The molecular formula is C25H27FN2O2S. The minimum absolute atomic E-state index is 0.200. The van der Waals surface area contributed by atoms with Crippen LogP contribution in [-0.2, 0) is 29.2 Å². The monoisotopic (exact) mass is 438 g/mol. The molecule has 162 valence electrons. The minimum Gasteiger partial charge on any atom is -0.298 e. The first kappa shape index (κ1) is 21.7. The van der Waals surface area contributed by atoms with Crippen LogP contribution >= 0.6 is 0 Å². The summed E-state index contributed by atoms with van der Waals surface area (Å²) >= 11 is 0. The van der Waals surface area contributed by atoms with E-state index in [1.807, 2.05) is 6.92 Å². The minimum atomic E-state index is -2.95. The highest BCUT2D eigenvalue weighted by atomic mass is 32.2. The van der Waals surface area contributed by atoms with Gasteiger partial charge < -0.3 is 0 Å². The fourth-order valence-electron chi connectivity index (χ4n) is 4.21. The molecule has 0 radical (unpaired) electrons. The summed E-state index contributed by atoms with van der Waals surface area (Å²) < 4.78 is 36.3. The molecule has 4 nitrogen and oxygen atoms in total. The highest BCUT2D eigenvalue weighted by molar-refractivity contribution is 7.90. The first-order valence-electron chi connectivity index (χ1n) is 10.5. The molecule has 6 heteroatoms. The van der Waals surface area contributed by atoms with E-state index in [0.29, 0.717) is 6.54 Å². The quantitative estimate of drug-likeness (QED) is 0.579. The van der Waals surface area contributed by atoms with E-state index in [-0.39, 0.29) is 11.6 Å². The summed E-state index contributed by atoms with van der Waals surface area (Å²) in [5, 5.41) is 0. The largest absolute Gasteiger partial charge is 0.298 e. The van der Waals surface area contributed by atoms with E-state index in [9.17, 15) is 12.8 Å². The molecule has 4 rings (SSSR count). The highest BCUT2D eigenvalue weighted by Gasteiger charge is 2.20. The Hall–Kier alpha value is -2.57. The Morgan fingerprint density at radius 2 is 1.97 bits per heavy atom. The van der Waals surface area contributed by atoms with Crippen LogP contribution < -0.4 is 0 Å². The molecule has 0 unspecified atom stereocenters. The van der Waals surface area contributed by atoms with E-state index in [2.05, 4.69) is 46.3 Å². The van der Waals surface area contributed by atoms with Gasteiger partial charge in [0.05, 0.1) is 17.6 Å². The van der Waals surface area contributed by atoms with Crippen LogP contribution in [-0.4, -0.2) is 43.4 Å². The Morgan fingerprint density at radius 3 is 2.71 bits per heavy atom. The van der Waals surface area contributed by atoms with Crippen molar-refractivity contribution in [1.29, 1.82) is 0 Å². The van der Waals surface area contributed by atoms with Gasteiger partial charge in [0.2, 0.25) is 0 Å². The number of fused-ring (bicyclic) bond motifs is 1. The third-order valence-electron chi connectivity index (χ3n) is 5.92. The number of sulfone groups is 1. The van der Waals surface area contributed by atoms with Crippen molar-refractivity contribution < 1.29 is 12.8 Å². The maximum absolute atomic E-state index is 13.3. The van der Waals surface area contributed by atoms with Crippen LogP contribution in [0.15, 0.2) is 54.7 Å². The molecule has 0 aliphatic carbocycles. The van der Waals surface area contributed by atoms with Gasteiger partial charge in [-0.05, 0) is 65.8 Å². The average molecular weight is 439 g/mol. The topological polar surface area (TPSA) is 50.3 Å². The second kappa shape index (κ2) is 8.89. The molecule has 0 atom stereocenters. The van der Waals surface area contributed by atoms with Crippen molar-refractivity contribution >= 4 is 9.84 Å². The molecule has 0 spiro atoms. The first-order chi connectivity index (χ1) is 14.8. The average Bonchev–Trinajstić information content (AvgIpc) is 2.74. The van der Waals surface area contributed by atoms with Crippen molar-refractivity contribution in [3.05, 3.63) is 88.4 Å². The third-order valence-corrected chi connectivity index (χ3v) is 6.84. The van der Waals surface area contributed by atoms with Gasteiger partial charge in [0.1, 0.15) is 15.7 Å². The standard InChI is InChI=1S/C25H27FN2O2S/c1-18-6-7-19(15-24(18)25-9-8-22(26)16-27-25)14-20-4-3-5-21-17-28(11-10-23(20)21)12-13-31(2,29)30/h3-9,15-16H,10-14,17H2,1-2H3. The van der Waals surface area contributed by atoms with E-state index in [4.69, 9.17) is 0 Å². The van der Waals surface area contributed by atoms with Crippen LogP contribution in [0.1, 0.15) is 27.8 Å². The van der Waals surface area contributed by atoms with Gasteiger partial charge in [0.25, 0.3) is 0 Å². The van der Waals surface area contributed by atoms with E-state index in [1.54, 1.807) is 6.07 Å². The maximum Gasteiger partial charge on any atom is 0.148 e. The summed E-state index contributed by atoms with van der Waals surface area (Å²) in [6.45, 7) is 4.28. The molecule has 2 aromatic carbocycles. The summed E-state index contributed by atoms with van der Waals surface area (Å²) in [6, 6.07) is 16.0. The zero-order chi connectivity index (χ0) is 22.0. The number of benzene rings is 2. The fraction of sp³-hybridized carbons (Fsp3) is 0.320. The van der Waals surface area contributed by atoms with Gasteiger partial charge in [-0.15, -0.1) is 0 Å². The SMILES string of the molecule is Cc1ccc(Cc2cccc3c2CCN(CCS(C)(=O)=O)C3)cc1-c1ccc(F)cn1. The van der Waals surface area contributed by atoms with Crippen molar-refractivity contribution in [3.8, 4) is 11.3 Å². The third kappa shape index (κ3) is 5.38. The molecule has 0 saturated heterocycles. The zero-order valence-corrected chi connectivity index (χ0v) is 18.8. The van der Waals surface area contributed by atoms with Crippen LogP contribution in [0, 0.1) is 12.7 Å². The summed E-state index contributed by atoms with van der Waals surface area (Å²) in [7, 11) is -2.95.